The summed E-state index contributed by atoms with van der Waals surface area (Å²) in [5.74, 6) is -2.24. The minimum atomic E-state index is -5.08. The van der Waals surface area contributed by atoms with Crippen molar-refractivity contribution in [1.29, 1.82) is 0 Å². The van der Waals surface area contributed by atoms with Crippen molar-refractivity contribution in [3.63, 3.8) is 0 Å². The first-order valence-electron chi connectivity index (χ1n) is 8.49. The molecule has 0 aromatic rings. The molecule has 2 amide bonds. The normalized spacial score (nSPS) is 25.8. The second kappa shape index (κ2) is 9.56. The SMILES string of the molecule is CN(C)CC1COC2(COCCN(C(=O)N(C)C)C2)C1.O=C(O)C(F)(F)F. The van der Waals surface area contributed by atoms with Crippen LogP contribution in [0.1, 0.15) is 6.42 Å². The second-order valence-corrected chi connectivity index (χ2v) is 7.28. The Morgan fingerprint density at radius 3 is 2.33 bits per heavy atom. The van der Waals surface area contributed by atoms with Crippen LogP contribution in [-0.2, 0) is 14.3 Å². The van der Waals surface area contributed by atoms with E-state index >= 15 is 0 Å². The number of hydrogen-bond acceptors (Lipinski definition) is 5. The van der Waals surface area contributed by atoms with Gasteiger partial charge in [0.1, 0.15) is 5.60 Å². The predicted molar refractivity (Wildman–Crippen MR) is 90.5 cm³/mol. The van der Waals surface area contributed by atoms with Gasteiger partial charge >= 0.3 is 18.2 Å². The summed E-state index contributed by atoms with van der Waals surface area (Å²) in [5, 5.41) is 7.12. The van der Waals surface area contributed by atoms with Crippen LogP contribution in [0.25, 0.3) is 0 Å². The molecule has 0 aliphatic carbocycles. The molecule has 2 fully saturated rings. The van der Waals surface area contributed by atoms with Gasteiger partial charge in [-0.25, -0.2) is 9.59 Å². The number of carboxylic acids is 1. The summed E-state index contributed by atoms with van der Waals surface area (Å²) in [6.45, 7) is 4.22. The van der Waals surface area contributed by atoms with Crippen molar-refractivity contribution < 1.29 is 37.3 Å². The largest absolute Gasteiger partial charge is 0.490 e. The Kier molecular flexibility index (Phi) is 8.30. The number of hydrogen-bond donors (Lipinski definition) is 1. The molecule has 2 heterocycles. The van der Waals surface area contributed by atoms with Gasteiger partial charge in [0.25, 0.3) is 0 Å². The fraction of sp³-hybridized carbons (Fsp3) is 0.875. The maximum Gasteiger partial charge on any atom is 0.490 e. The molecule has 158 valence electrons. The topological polar surface area (TPSA) is 82.6 Å². The van der Waals surface area contributed by atoms with Gasteiger partial charge < -0.3 is 29.3 Å². The first kappa shape index (κ1) is 23.4. The third kappa shape index (κ3) is 7.51. The number of aliphatic carboxylic acids is 1. The Bertz CT molecular complexity index is 516. The lowest BCUT2D eigenvalue weighted by molar-refractivity contribution is -0.192. The number of ether oxygens (including phenoxy) is 2. The van der Waals surface area contributed by atoms with Gasteiger partial charge in [0.05, 0.1) is 26.4 Å². The van der Waals surface area contributed by atoms with E-state index in [4.69, 9.17) is 19.4 Å². The zero-order valence-corrected chi connectivity index (χ0v) is 16.1. The Morgan fingerprint density at radius 1 is 1.26 bits per heavy atom. The second-order valence-electron chi connectivity index (χ2n) is 7.28. The Hall–Kier alpha value is -1.59. The number of alkyl halides is 3. The lowest BCUT2D eigenvalue weighted by Crippen LogP contribution is -2.49. The van der Waals surface area contributed by atoms with Gasteiger partial charge in [-0.2, -0.15) is 13.2 Å². The summed E-state index contributed by atoms with van der Waals surface area (Å²) in [5.41, 5.74) is -0.317. The number of carboxylic acid groups (broad SMARTS) is 1. The summed E-state index contributed by atoms with van der Waals surface area (Å²) < 4.78 is 43.5. The van der Waals surface area contributed by atoms with E-state index < -0.39 is 12.1 Å². The highest BCUT2D eigenvalue weighted by Crippen LogP contribution is 2.33. The number of rotatable bonds is 2. The van der Waals surface area contributed by atoms with Crippen LogP contribution < -0.4 is 0 Å². The number of nitrogens with zero attached hydrogens (tertiary/aromatic N) is 3. The van der Waals surface area contributed by atoms with Gasteiger partial charge in [-0.3, -0.25) is 0 Å². The van der Waals surface area contributed by atoms with E-state index in [1.165, 1.54) is 0 Å². The van der Waals surface area contributed by atoms with E-state index in [0.29, 0.717) is 32.2 Å². The first-order valence-corrected chi connectivity index (χ1v) is 8.49. The quantitative estimate of drug-likeness (QED) is 0.745. The number of amides is 2. The molecule has 2 saturated heterocycles. The molecule has 2 unspecified atom stereocenters. The highest BCUT2D eigenvalue weighted by Gasteiger charge is 2.44. The standard InChI is InChI=1S/C14H27N3O3.C2HF3O2/c1-15(2)8-12-7-14(20-9-12)10-17(5-6-19-11-14)13(18)16(3)4;3-2(4,5)1(6)7/h12H,5-11H2,1-4H3;(H,6,7). The predicted octanol–water partition coefficient (Wildman–Crippen LogP) is 0.970. The summed E-state index contributed by atoms with van der Waals surface area (Å²) in [6.07, 6.45) is -4.12. The van der Waals surface area contributed by atoms with Gasteiger partial charge in [0.2, 0.25) is 0 Å². The van der Waals surface area contributed by atoms with Crippen LogP contribution in [0, 0.1) is 5.92 Å². The Balaban J connectivity index is 0.000000445. The molecule has 8 nitrogen and oxygen atoms in total. The van der Waals surface area contributed by atoms with Gasteiger partial charge in [-0.1, -0.05) is 0 Å². The summed E-state index contributed by atoms with van der Waals surface area (Å²) in [7, 11) is 7.73. The van der Waals surface area contributed by atoms with Crippen LogP contribution in [0.5, 0.6) is 0 Å². The Morgan fingerprint density at radius 2 is 1.85 bits per heavy atom. The molecule has 1 N–H and O–H groups in total. The van der Waals surface area contributed by atoms with E-state index in [-0.39, 0.29) is 11.6 Å². The van der Waals surface area contributed by atoms with Gasteiger partial charge in [0, 0.05) is 27.2 Å². The van der Waals surface area contributed by atoms with Crippen molar-refractivity contribution in [1.82, 2.24) is 14.7 Å². The highest BCUT2D eigenvalue weighted by molar-refractivity contribution is 5.74. The fourth-order valence-electron chi connectivity index (χ4n) is 3.13. The minimum Gasteiger partial charge on any atom is -0.475 e. The van der Waals surface area contributed by atoms with Gasteiger partial charge in [-0.15, -0.1) is 0 Å². The van der Waals surface area contributed by atoms with Crippen LogP contribution >= 0.6 is 0 Å². The van der Waals surface area contributed by atoms with Crippen molar-refractivity contribution in [3.8, 4) is 0 Å². The van der Waals surface area contributed by atoms with Crippen molar-refractivity contribution in [2.45, 2.75) is 18.2 Å². The summed E-state index contributed by atoms with van der Waals surface area (Å²) in [6, 6.07) is 0.0366. The average Bonchev–Trinajstić information content (AvgIpc) is 2.78. The molecule has 0 aromatic heterocycles. The molecule has 0 bridgehead atoms. The lowest BCUT2D eigenvalue weighted by atomic mass is 9.94. The molecule has 2 rings (SSSR count). The molecule has 0 radical (unpaired) electrons. The maximum absolute atomic E-state index is 12.2. The molecule has 2 atom stereocenters. The van der Waals surface area contributed by atoms with Crippen molar-refractivity contribution >= 4 is 12.0 Å². The zero-order chi connectivity index (χ0) is 20.8. The number of carbonyl (C=O) groups is 2. The molecule has 2 aliphatic rings. The lowest BCUT2D eigenvalue weighted by Gasteiger charge is -2.32. The maximum atomic E-state index is 12.2. The van der Waals surface area contributed by atoms with Crippen molar-refractivity contribution in [2.24, 2.45) is 5.92 Å². The van der Waals surface area contributed by atoms with Gasteiger partial charge in [-0.05, 0) is 26.4 Å². The minimum absolute atomic E-state index is 0.0366. The molecule has 1 spiro atoms. The third-order valence-electron chi connectivity index (χ3n) is 4.15. The average molecular weight is 399 g/mol. The van der Waals surface area contributed by atoms with Crippen LogP contribution in [0.4, 0.5) is 18.0 Å². The van der Waals surface area contributed by atoms with Crippen LogP contribution in [0.15, 0.2) is 0 Å². The zero-order valence-electron chi connectivity index (χ0n) is 16.1. The summed E-state index contributed by atoms with van der Waals surface area (Å²) >= 11 is 0. The molecule has 27 heavy (non-hydrogen) atoms. The number of urea groups is 1. The van der Waals surface area contributed by atoms with E-state index in [0.717, 1.165) is 19.6 Å². The van der Waals surface area contributed by atoms with Crippen LogP contribution in [-0.4, -0.2) is 111 Å². The van der Waals surface area contributed by atoms with Crippen LogP contribution in [0.3, 0.4) is 0 Å². The highest BCUT2D eigenvalue weighted by atomic mass is 19.4. The third-order valence-corrected chi connectivity index (χ3v) is 4.15. The number of carbonyl (C=O) groups excluding carboxylic acids is 1. The molecule has 0 aromatic carbocycles. The van der Waals surface area contributed by atoms with E-state index in [9.17, 15) is 18.0 Å². The van der Waals surface area contributed by atoms with E-state index in [1.807, 2.05) is 4.90 Å². The van der Waals surface area contributed by atoms with Gasteiger partial charge in [0.15, 0.2) is 0 Å². The monoisotopic (exact) mass is 399 g/mol. The number of halogens is 3. The van der Waals surface area contributed by atoms with Crippen LogP contribution in [0.2, 0.25) is 0 Å². The summed E-state index contributed by atoms with van der Waals surface area (Å²) in [4.78, 5) is 26.7. The molecule has 2 aliphatic heterocycles. The molecular formula is C16H28F3N3O5. The Labute approximate surface area is 156 Å². The van der Waals surface area contributed by atoms with Crippen molar-refractivity contribution in [3.05, 3.63) is 0 Å². The van der Waals surface area contributed by atoms with E-state index in [2.05, 4.69) is 19.0 Å². The molecule has 11 heteroatoms. The van der Waals surface area contributed by atoms with Crippen molar-refractivity contribution in [2.75, 3.05) is 67.6 Å². The van der Waals surface area contributed by atoms with E-state index in [1.54, 1.807) is 19.0 Å². The smallest absolute Gasteiger partial charge is 0.475 e. The first-order chi connectivity index (χ1) is 12.4. The molecule has 0 saturated carbocycles. The fourth-order valence-corrected chi connectivity index (χ4v) is 3.13. The molecular weight excluding hydrogens is 371 g/mol.